The number of nitrogens with zero attached hydrogens (tertiary/aromatic N) is 3. The Labute approximate surface area is 159 Å². The van der Waals surface area contributed by atoms with Crippen molar-refractivity contribution in [2.24, 2.45) is 0 Å². The van der Waals surface area contributed by atoms with Gasteiger partial charge in [0.05, 0.1) is 12.2 Å². The van der Waals surface area contributed by atoms with Gasteiger partial charge in [0.15, 0.2) is 6.61 Å². The summed E-state index contributed by atoms with van der Waals surface area (Å²) < 4.78 is 6.93. The summed E-state index contributed by atoms with van der Waals surface area (Å²) in [5, 5.41) is 6.11. The number of hydrogen-bond acceptors (Lipinski definition) is 5. The van der Waals surface area contributed by atoms with Crippen LogP contribution in [0.4, 0.5) is 0 Å². The molecule has 0 atom stereocenters. The monoisotopic (exact) mass is 391 g/mol. The van der Waals surface area contributed by atoms with Gasteiger partial charge in [-0.3, -0.25) is 9.48 Å². The molecule has 0 saturated carbocycles. The maximum absolute atomic E-state index is 12.2. The quantitative estimate of drug-likeness (QED) is 0.625. The minimum absolute atomic E-state index is 0.263. The van der Waals surface area contributed by atoms with E-state index in [2.05, 4.69) is 5.10 Å². The molecule has 6 nitrogen and oxygen atoms in total. The molecular weight excluding hydrogens is 374 g/mol. The Hall–Kier alpha value is -2.38. The van der Waals surface area contributed by atoms with E-state index in [1.807, 2.05) is 35.9 Å². The zero-order chi connectivity index (χ0) is 18.8. The summed E-state index contributed by atoms with van der Waals surface area (Å²) in [5.74, 6) is -0.773. The van der Waals surface area contributed by atoms with Gasteiger partial charge >= 0.3 is 5.97 Å². The zero-order valence-electron chi connectivity index (χ0n) is 14.7. The SMILES string of the molecule is Cc1nn(Cc2ccccc2Cl)c2sc(C(=O)OCC(=O)N(C)C)cc12. The molecule has 0 N–H and O–H groups in total. The van der Waals surface area contributed by atoms with E-state index in [1.165, 1.54) is 16.2 Å². The smallest absolute Gasteiger partial charge is 0.348 e. The van der Waals surface area contributed by atoms with Gasteiger partial charge in [-0.1, -0.05) is 29.8 Å². The lowest BCUT2D eigenvalue weighted by Gasteiger charge is -2.09. The van der Waals surface area contributed by atoms with Gasteiger partial charge in [-0.15, -0.1) is 11.3 Å². The number of fused-ring (bicyclic) bond motifs is 1. The van der Waals surface area contributed by atoms with Crippen molar-refractivity contribution in [3.8, 4) is 0 Å². The number of ether oxygens (including phenoxy) is 1. The molecule has 0 aliphatic heterocycles. The second-order valence-electron chi connectivity index (χ2n) is 6.03. The number of carbonyl (C=O) groups is 2. The number of rotatable bonds is 5. The van der Waals surface area contributed by atoms with Gasteiger partial charge in [0.1, 0.15) is 9.71 Å². The van der Waals surface area contributed by atoms with Crippen LogP contribution in [-0.4, -0.2) is 47.3 Å². The Morgan fingerprint density at radius 3 is 2.73 bits per heavy atom. The van der Waals surface area contributed by atoms with Crippen LogP contribution in [0.1, 0.15) is 20.9 Å². The number of likely N-dealkylation sites (N-methyl/N-ethyl adjacent to an activating group) is 1. The molecule has 1 aromatic carbocycles. The molecule has 0 aliphatic carbocycles. The maximum Gasteiger partial charge on any atom is 0.348 e. The van der Waals surface area contributed by atoms with Crippen LogP contribution >= 0.6 is 22.9 Å². The predicted molar refractivity (Wildman–Crippen MR) is 102 cm³/mol. The van der Waals surface area contributed by atoms with E-state index >= 15 is 0 Å². The fourth-order valence-electron chi connectivity index (χ4n) is 2.44. The molecule has 0 unspecified atom stereocenters. The van der Waals surface area contributed by atoms with Gasteiger partial charge in [-0.2, -0.15) is 5.10 Å². The highest BCUT2D eigenvalue weighted by atomic mass is 35.5. The maximum atomic E-state index is 12.2. The van der Waals surface area contributed by atoms with Crippen molar-refractivity contribution in [1.29, 1.82) is 0 Å². The van der Waals surface area contributed by atoms with Gasteiger partial charge in [-0.05, 0) is 24.6 Å². The van der Waals surface area contributed by atoms with Crippen LogP contribution in [0.3, 0.4) is 0 Å². The largest absolute Gasteiger partial charge is 0.451 e. The van der Waals surface area contributed by atoms with Crippen molar-refractivity contribution >= 4 is 45.0 Å². The molecule has 0 aliphatic rings. The molecule has 2 aromatic heterocycles. The lowest BCUT2D eigenvalue weighted by molar-refractivity contribution is -0.131. The number of halogens is 1. The molecule has 3 rings (SSSR count). The minimum Gasteiger partial charge on any atom is -0.451 e. The van der Waals surface area contributed by atoms with Crippen LogP contribution in [0.5, 0.6) is 0 Å². The van der Waals surface area contributed by atoms with E-state index in [1.54, 1.807) is 20.2 Å². The third-order valence-electron chi connectivity index (χ3n) is 3.91. The molecule has 0 saturated heterocycles. The number of amides is 1. The third kappa shape index (κ3) is 3.73. The van der Waals surface area contributed by atoms with Gasteiger partial charge in [0.2, 0.25) is 0 Å². The first kappa shape index (κ1) is 18.4. The number of benzene rings is 1. The van der Waals surface area contributed by atoms with Crippen LogP contribution in [-0.2, 0) is 16.1 Å². The lowest BCUT2D eigenvalue weighted by atomic mass is 10.2. The van der Waals surface area contributed by atoms with Crippen LogP contribution in [0.15, 0.2) is 30.3 Å². The standard InChI is InChI=1S/C18H18ClN3O3S/c1-11-13-8-15(18(24)25-10-16(23)21(2)3)26-17(13)22(20-11)9-12-6-4-5-7-14(12)19/h4-8H,9-10H2,1-3H3. The van der Waals surface area contributed by atoms with Gasteiger partial charge in [-0.25, -0.2) is 4.79 Å². The molecule has 0 radical (unpaired) electrons. The number of aromatic nitrogens is 2. The van der Waals surface area contributed by atoms with Crippen LogP contribution in [0.25, 0.3) is 10.2 Å². The molecule has 0 fully saturated rings. The van der Waals surface area contributed by atoms with Crippen molar-refractivity contribution in [2.45, 2.75) is 13.5 Å². The van der Waals surface area contributed by atoms with E-state index in [0.29, 0.717) is 16.4 Å². The summed E-state index contributed by atoms with van der Waals surface area (Å²) in [4.78, 5) is 26.5. The molecule has 3 aromatic rings. The highest BCUT2D eigenvalue weighted by Gasteiger charge is 2.19. The normalized spacial score (nSPS) is 10.9. The first-order valence-electron chi connectivity index (χ1n) is 7.94. The van der Waals surface area contributed by atoms with E-state index in [4.69, 9.17) is 16.3 Å². The average Bonchev–Trinajstić information content (AvgIpc) is 3.16. The molecule has 136 valence electrons. The Morgan fingerprint density at radius 2 is 2.04 bits per heavy atom. The Balaban J connectivity index is 1.84. The number of carbonyl (C=O) groups excluding carboxylic acids is 2. The minimum atomic E-state index is -0.509. The summed E-state index contributed by atoms with van der Waals surface area (Å²) in [7, 11) is 3.23. The van der Waals surface area contributed by atoms with E-state index < -0.39 is 5.97 Å². The van der Waals surface area contributed by atoms with Crippen LogP contribution in [0, 0.1) is 6.92 Å². The third-order valence-corrected chi connectivity index (χ3v) is 5.41. The summed E-state index contributed by atoms with van der Waals surface area (Å²) in [6.45, 7) is 2.13. The van der Waals surface area contributed by atoms with E-state index in [-0.39, 0.29) is 12.5 Å². The van der Waals surface area contributed by atoms with Crippen molar-refractivity contribution in [1.82, 2.24) is 14.7 Å². The number of esters is 1. The second kappa shape index (κ2) is 7.47. The Bertz CT molecular complexity index is 977. The molecular formula is C18H18ClN3O3S. The van der Waals surface area contributed by atoms with E-state index in [9.17, 15) is 9.59 Å². The Kier molecular flexibility index (Phi) is 5.29. The predicted octanol–water partition coefficient (Wildman–Crippen LogP) is 3.35. The highest BCUT2D eigenvalue weighted by molar-refractivity contribution is 7.20. The fraction of sp³-hybridized carbons (Fsp3) is 0.278. The first-order valence-corrected chi connectivity index (χ1v) is 9.14. The lowest BCUT2D eigenvalue weighted by Crippen LogP contribution is -2.27. The summed E-state index contributed by atoms with van der Waals surface area (Å²) in [6, 6.07) is 9.34. The van der Waals surface area contributed by atoms with Crippen molar-refractivity contribution < 1.29 is 14.3 Å². The summed E-state index contributed by atoms with van der Waals surface area (Å²) >= 11 is 7.53. The second-order valence-corrected chi connectivity index (χ2v) is 7.47. The molecule has 26 heavy (non-hydrogen) atoms. The molecule has 0 bridgehead atoms. The fourth-order valence-corrected chi connectivity index (χ4v) is 3.69. The molecule has 2 heterocycles. The van der Waals surface area contributed by atoms with E-state index in [0.717, 1.165) is 21.5 Å². The zero-order valence-corrected chi connectivity index (χ0v) is 16.2. The van der Waals surface area contributed by atoms with Crippen LogP contribution < -0.4 is 0 Å². The number of aryl methyl sites for hydroxylation is 1. The number of thiophene rings is 1. The summed E-state index contributed by atoms with van der Waals surface area (Å²) in [5.41, 5.74) is 1.78. The highest BCUT2D eigenvalue weighted by Crippen LogP contribution is 2.30. The van der Waals surface area contributed by atoms with Gasteiger partial charge in [0, 0.05) is 24.5 Å². The van der Waals surface area contributed by atoms with Crippen molar-refractivity contribution in [2.75, 3.05) is 20.7 Å². The first-order chi connectivity index (χ1) is 12.4. The van der Waals surface area contributed by atoms with Gasteiger partial charge < -0.3 is 9.64 Å². The molecule has 1 amide bonds. The molecule has 0 spiro atoms. The van der Waals surface area contributed by atoms with Crippen molar-refractivity contribution in [3.05, 3.63) is 51.5 Å². The van der Waals surface area contributed by atoms with Crippen LogP contribution in [0.2, 0.25) is 5.02 Å². The average molecular weight is 392 g/mol. The molecule has 8 heteroatoms. The Morgan fingerprint density at radius 1 is 1.31 bits per heavy atom. The topological polar surface area (TPSA) is 64.4 Å². The van der Waals surface area contributed by atoms with Crippen molar-refractivity contribution in [3.63, 3.8) is 0 Å². The van der Waals surface area contributed by atoms with Gasteiger partial charge in [0.25, 0.3) is 5.91 Å². The number of hydrogen-bond donors (Lipinski definition) is 0. The summed E-state index contributed by atoms with van der Waals surface area (Å²) in [6.07, 6.45) is 0.